The molecule has 2 aromatic rings. The van der Waals surface area contributed by atoms with Crippen LogP contribution in [0.2, 0.25) is 0 Å². The summed E-state index contributed by atoms with van der Waals surface area (Å²) in [6, 6.07) is 7.99. The lowest BCUT2D eigenvalue weighted by molar-refractivity contribution is 0.101. The largest absolute Gasteiger partial charge is 0.293 e. The summed E-state index contributed by atoms with van der Waals surface area (Å²) < 4.78 is 1.74. The van der Waals surface area contributed by atoms with Crippen molar-refractivity contribution in [3.63, 3.8) is 0 Å². The Morgan fingerprint density at radius 2 is 2.18 bits per heavy atom. The molecule has 0 amide bonds. The highest BCUT2D eigenvalue weighted by molar-refractivity contribution is 5.93. The molecule has 0 unspecified atom stereocenters. The number of nitrogens with zero attached hydrogens (tertiary/aromatic N) is 3. The fraction of sp³-hybridized carbons (Fsp3) is 0.308. The van der Waals surface area contributed by atoms with Crippen LogP contribution >= 0.6 is 0 Å². The van der Waals surface area contributed by atoms with Crippen molar-refractivity contribution in [2.75, 3.05) is 0 Å². The number of aryl methyl sites for hydroxylation is 1. The van der Waals surface area contributed by atoms with Crippen molar-refractivity contribution in [1.29, 1.82) is 0 Å². The van der Waals surface area contributed by atoms with Gasteiger partial charge in [-0.15, -0.1) is 5.10 Å². The van der Waals surface area contributed by atoms with E-state index < -0.39 is 0 Å². The van der Waals surface area contributed by atoms with E-state index in [-0.39, 0.29) is 5.78 Å². The van der Waals surface area contributed by atoms with Crippen molar-refractivity contribution in [3.8, 4) is 5.69 Å². The van der Waals surface area contributed by atoms with Crippen LogP contribution in [0.3, 0.4) is 0 Å². The standard InChI is InChI=1S/C13H15N3O/c1-4-12-13(10(3)17)14-15-16(12)11-7-5-6-9(2)8-11/h5-8H,4H2,1-3H3. The Hall–Kier alpha value is -1.97. The van der Waals surface area contributed by atoms with Gasteiger partial charge in [-0.25, -0.2) is 4.68 Å². The quantitative estimate of drug-likeness (QED) is 0.759. The van der Waals surface area contributed by atoms with Crippen molar-refractivity contribution in [2.24, 2.45) is 0 Å². The van der Waals surface area contributed by atoms with Gasteiger partial charge in [0, 0.05) is 6.92 Å². The molecule has 0 spiro atoms. The summed E-state index contributed by atoms with van der Waals surface area (Å²) in [7, 11) is 0. The predicted molar refractivity (Wildman–Crippen MR) is 65.5 cm³/mol. The normalized spacial score (nSPS) is 10.5. The minimum Gasteiger partial charge on any atom is -0.293 e. The fourth-order valence-electron chi connectivity index (χ4n) is 1.86. The first-order chi connectivity index (χ1) is 8.13. The van der Waals surface area contributed by atoms with Crippen LogP contribution in [0.25, 0.3) is 5.69 Å². The molecule has 4 heteroatoms. The van der Waals surface area contributed by atoms with Gasteiger partial charge < -0.3 is 0 Å². The summed E-state index contributed by atoms with van der Waals surface area (Å²) in [6.45, 7) is 5.54. The molecule has 0 radical (unpaired) electrons. The van der Waals surface area contributed by atoms with Gasteiger partial charge in [0.25, 0.3) is 0 Å². The monoisotopic (exact) mass is 229 g/mol. The molecule has 88 valence electrons. The number of rotatable bonds is 3. The number of aromatic nitrogens is 3. The van der Waals surface area contributed by atoms with Crippen LogP contribution < -0.4 is 0 Å². The fourth-order valence-corrected chi connectivity index (χ4v) is 1.86. The third kappa shape index (κ3) is 2.11. The summed E-state index contributed by atoms with van der Waals surface area (Å²) in [5, 5.41) is 8.02. The van der Waals surface area contributed by atoms with Crippen molar-refractivity contribution in [3.05, 3.63) is 41.2 Å². The van der Waals surface area contributed by atoms with E-state index in [2.05, 4.69) is 10.3 Å². The van der Waals surface area contributed by atoms with E-state index >= 15 is 0 Å². The van der Waals surface area contributed by atoms with E-state index in [1.54, 1.807) is 4.68 Å². The van der Waals surface area contributed by atoms with Crippen LogP contribution in [-0.4, -0.2) is 20.8 Å². The van der Waals surface area contributed by atoms with Crippen molar-refractivity contribution in [1.82, 2.24) is 15.0 Å². The highest BCUT2D eigenvalue weighted by atomic mass is 16.1. The van der Waals surface area contributed by atoms with Crippen LogP contribution in [0.5, 0.6) is 0 Å². The highest BCUT2D eigenvalue weighted by Crippen LogP contribution is 2.15. The van der Waals surface area contributed by atoms with Crippen LogP contribution in [0.15, 0.2) is 24.3 Å². The molecule has 0 bridgehead atoms. The zero-order chi connectivity index (χ0) is 12.4. The van der Waals surface area contributed by atoms with E-state index in [1.165, 1.54) is 6.92 Å². The van der Waals surface area contributed by atoms with Crippen LogP contribution in [0.1, 0.15) is 35.6 Å². The molecule has 4 nitrogen and oxygen atoms in total. The number of carbonyl (C=O) groups excluding carboxylic acids is 1. The van der Waals surface area contributed by atoms with Gasteiger partial charge in [-0.3, -0.25) is 4.79 Å². The third-order valence-electron chi connectivity index (χ3n) is 2.68. The molecule has 0 N–H and O–H groups in total. The molecule has 1 heterocycles. The smallest absolute Gasteiger partial charge is 0.181 e. The second-order valence-electron chi connectivity index (χ2n) is 4.05. The van der Waals surface area contributed by atoms with Crippen molar-refractivity contribution in [2.45, 2.75) is 27.2 Å². The molecule has 0 aliphatic heterocycles. The maximum Gasteiger partial charge on any atom is 0.181 e. The highest BCUT2D eigenvalue weighted by Gasteiger charge is 2.15. The van der Waals surface area contributed by atoms with Gasteiger partial charge >= 0.3 is 0 Å². The van der Waals surface area contributed by atoms with Gasteiger partial charge in [0.1, 0.15) is 0 Å². The maximum atomic E-state index is 11.4. The van der Waals surface area contributed by atoms with E-state index in [1.807, 2.05) is 38.1 Å². The summed E-state index contributed by atoms with van der Waals surface area (Å²) in [4.78, 5) is 11.4. The van der Waals surface area contributed by atoms with Gasteiger partial charge in [0.15, 0.2) is 11.5 Å². The van der Waals surface area contributed by atoms with E-state index in [9.17, 15) is 4.79 Å². The molecular formula is C13H15N3O. The Balaban J connectivity index is 2.56. The van der Waals surface area contributed by atoms with Gasteiger partial charge in [0.2, 0.25) is 0 Å². The first-order valence-electron chi connectivity index (χ1n) is 5.66. The molecular weight excluding hydrogens is 214 g/mol. The molecule has 17 heavy (non-hydrogen) atoms. The third-order valence-corrected chi connectivity index (χ3v) is 2.68. The molecule has 0 saturated carbocycles. The zero-order valence-electron chi connectivity index (χ0n) is 10.3. The predicted octanol–water partition coefficient (Wildman–Crippen LogP) is 2.34. The molecule has 2 rings (SSSR count). The zero-order valence-corrected chi connectivity index (χ0v) is 10.3. The number of hydrogen-bond donors (Lipinski definition) is 0. The average molecular weight is 229 g/mol. The topological polar surface area (TPSA) is 47.8 Å². The Bertz CT molecular complexity index is 558. The summed E-state index contributed by atoms with van der Waals surface area (Å²) in [5.74, 6) is -0.0410. The molecule has 0 saturated heterocycles. The summed E-state index contributed by atoms with van der Waals surface area (Å²) in [5.41, 5.74) is 3.43. The van der Waals surface area contributed by atoms with Gasteiger partial charge in [-0.05, 0) is 31.0 Å². The molecule has 0 aliphatic carbocycles. The lowest BCUT2D eigenvalue weighted by Crippen LogP contribution is -2.04. The summed E-state index contributed by atoms with van der Waals surface area (Å²) in [6.07, 6.45) is 0.732. The molecule has 0 atom stereocenters. The number of Topliss-reactive ketones (excluding diaryl/α,β-unsaturated/α-hetero) is 1. The van der Waals surface area contributed by atoms with Crippen LogP contribution in [0.4, 0.5) is 0 Å². The first kappa shape index (κ1) is 11.5. The van der Waals surface area contributed by atoms with Crippen LogP contribution in [-0.2, 0) is 6.42 Å². The van der Waals surface area contributed by atoms with Gasteiger partial charge in [-0.2, -0.15) is 0 Å². The van der Waals surface area contributed by atoms with E-state index in [4.69, 9.17) is 0 Å². The second-order valence-corrected chi connectivity index (χ2v) is 4.05. The molecule has 1 aromatic heterocycles. The Morgan fingerprint density at radius 1 is 1.41 bits per heavy atom. The molecule has 0 fully saturated rings. The Kier molecular flexibility index (Phi) is 3.04. The maximum absolute atomic E-state index is 11.4. The van der Waals surface area contributed by atoms with Gasteiger partial charge in [0.05, 0.1) is 11.4 Å². The number of carbonyl (C=O) groups is 1. The Labute approximate surface area is 100 Å². The van der Waals surface area contributed by atoms with E-state index in [0.717, 1.165) is 23.4 Å². The number of benzene rings is 1. The number of ketones is 1. The van der Waals surface area contributed by atoms with Crippen molar-refractivity contribution < 1.29 is 4.79 Å². The second kappa shape index (κ2) is 4.49. The minimum atomic E-state index is -0.0410. The van der Waals surface area contributed by atoms with Gasteiger partial charge in [-0.1, -0.05) is 24.3 Å². The first-order valence-corrected chi connectivity index (χ1v) is 5.66. The molecule has 0 aliphatic rings. The molecule has 1 aromatic carbocycles. The van der Waals surface area contributed by atoms with Crippen LogP contribution in [0, 0.1) is 6.92 Å². The number of hydrogen-bond acceptors (Lipinski definition) is 3. The minimum absolute atomic E-state index is 0.0410. The lowest BCUT2D eigenvalue weighted by Gasteiger charge is -2.05. The Morgan fingerprint density at radius 3 is 2.76 bits per heavy atom. The van der Waals surface area contributed by atoms with E-state index in [0.29, 0.717) is 5.69 Å². The van der Waals surface area contributed by atoms with Crippen molar-refractivity contribution >= 4 is 5.78 Å². The lowest BCUT2D eigenvalue weighted by atomic mass is 10.2. The summed E-state index contributed by atoms with van der Waals surface area (Å²) >= 11 is 0. The SMILES string of the molecule is CCc1c(C(C)=O)nnn1-c1cccc(C)c1. The average Bonchev–Trinajstić information content (AvgIpc) is 2.72.